The van der Waals surface area contributed by atoms with Crippen molar-refractivity contribution in [1.82, 2.24) is 14.5 Å². The summed E-state index contributed by atoms with van der Waals surface area (Å²) in [5.74, 6) is 0. The van der Waals surface area contributed by atoms with Crippen molar-refractivity contribution in [2.75, 3.05) is 5.32 Å². The van der Waals surface area contributed by atoms with E-state index >= 15 is 0 Å². The third kappa shape index (κ3) is 2.90. The number of thiazole rings is 1. The molecule has 1 aromatic carbocycles. The van der Waals surface area contributed by atoms with Gasteiger partial charge in [-0.2, -0.15) is 0 Å². The lowest BCUT2D eigenvalue weighted by atomic mass is 10.1. The fraction of sp³-hybridized carbons (Fsp3) is 0.227. The highest BCUT2D eigenvalue weighted by molar-refractivity contribution is 7.07. The fourth-order valence-electron chi connectivity index (χ4n) is 4.02. The zero-order valence-electron chi connectivity index (χ0n) is 15.6. The van der Waals surface area contributed by atoms with Gasteiger partial charge in [-0.25, -0.2) is 9.97 Å². The molecule has 0 fully saturated rings. The van der Waals surface area contributed by atoms with Crippen LogP contribution in [0.5, 0.6) is 0 Å². The van der Waals surface area contributed by atoms with Gasteiger partial charge in [-0.15, -0.1) is 11.3 Å². The lowest BCUT2D eigenvalue weighted by Gasteiger charge is -2.15. The van der Waals surface area contributed by atoms with Crippen LogP contribution in [-0.4, -0.2) is 20.6 Å². The third-order valence-electron chi connectivity index (χ3n) is 5.38. The Bertz CT molecular complexity index is 1190. The molecule has 0 atom stereocenters. The van der Waals surface area contributed by atoms with Crippen molar-refractivity contribution in [3.63, 3.8) is 0 Å². The van der Waals surface area contributed by atoms with E-state index < -0.39 is 0 Å². The molecule has 0 radical (unpaired) electrons. The molecule has 0 spiro atoms. The fourth-order valence-corrected chi connectivity index (χ4v) is 4.57. The van der Waals surface area contributed by atoms with Gasteiger partial charge in [0.25, 0.3) is 0 Å². The molecule has 0 saturated heterocycles. The van der Waals surface area contributed by atoms with E-state index in [9.17, 15) is 4.79 Å². The minimum Gasteiger partial charge on any atom is -0.380 e. The Morgan fingerprint density at radius 2 is 2.00 bits per heavy atom. The van der Waals surface area contributed by atoms with E-state index in [4.69, 9.17) is 0 Å². The van der Waals surface area contributed by atoms with Crippen LogP contribution in [0.2, 0.25) is 0 Å². The first-order chi connectivity index (χ1) is 13.7. The lowest BCUT2D eigenvalue weighted by Crippen LogP contribution is -2.20. The Balaban J connectivity index is 1.54. The van der Waals surface area contributed by atoms with Crippen LogP contribution in [0.15, 0.2) is 58.4 Å². The van der Waals surface area contributed by atoms with E-state index in [2.05, 4.69) is 46.5 Å². The van der Waals surface area contributed by atoms with Crippen LogP contribution >= 0.6 is 11.3 Å². The number of hydrogen-bond acceptors (Lipinski definition) is 5. The maximum absolute atomic E-state index is 13.1. The number of aryl methyl sites for hydroxylation is 1. The van der Waals surface area contributed by atoms with Gasteiger partial charge in [0, 0.05) is 24.2 Å². The molecule has 0 saturated carbocycles. The van der Waals surface area contributed by atoms with Crippen LogP contribution in [0.1, 0.15) is 18.1 Å². The van der Waals surface area contributed by atoms with Gasteiger partial charge in [0.1, 0.15) is 5.65 Å². The molecule has 0 unspecified atom stereocenters. The molecule has 0 amide bonds. The summed E-state index contributed by atoms with van der Waals surface area (Å²) in [7, 11) is 0. The molecule has 3 heterocycles. The monoisotopic (exact) mass is 388 g/mol. The Morgan fingerprint density at radius 1 is 1.21 bits per heavy atom. The summed E-state index contributed by atoms with van der Waals surface area (Å²) in [6, 6.07) is 10.8. The molecular formula is C22H20N4OS. The Morgan fingerprint density at radius 3 is 2.68 bits per heavy atom. The van der Waals surface area contributed by atoms with Gasteiger partial charge in [-0.3, -0.25) is 4.79 Å². The zero-order chi connectivity index (χ0) is 19.1. The highest BCUT2D eigenvalue weighted by Gasteiger charge is 2.21. The lowest BCUT2D eigenvalue weighted by molar-refractivity contribution is 0.769. The molecule has 1 aliphatic rings. The van der Waals surface area contributed by atoms with Gasteiger partial charge in [0.2, 0.25) is 5.43 Å². The summed E-state index contributed by atoms with van der Waals surface area (Å²) in [6.45, 7) is 2.80. The standard InChI is InChI=1S/C22H20N4OS/c1-2-26-11-19(20-12-28-13-24-20)21(27)18-9-17(10-23-22(18)26)25-16-7-14-5-3-4-6-15(14)8-16/h3-6,9-13,16,25H,2,7-8H2,1H3. The van der Waals surface area contributed by atoms with Crippen LogP contribution in [0, 0.1) is 0 Å². The van der Waals surface area contributed by atoms with E-state index in [0.29, 0.717) is 22.6 Å². The van der Waals surface area contributed by atoms with Gasteiger partial charge >= 0.3 is 0 Å². The van der Waals surface area contributed by atoms with E-state index in [0.717, 1.165) is 30.8 Å². The summed E-state index contributed by atoms with van der Waals surface area (Å²) < 4.78 is 2.01. The maximum Gasteiger partial charge on any atom is 0.200 e. The average molecular weight is 388 g/mol. The molecule has 140 valence electrons. The molecule has 5 nitrogen and oxygen atoms in total. The molecule has 1 aliphatic carbocycles. The second-order valence-electron chi connectivity index (χ2n) is 7.14. The molecule has 0 aliphatic heterocycles. The van der Waals surface area contributed by atoms with E-state index in [1.807, 2.05) is 28.4 Å². The number of rotatable bonds is 4. The second-order valence-corrected chi connectivity index (χ2v) is 7.86. The quantitative estimate of drug-likeness (QED) is 0.571. The smallest absolute Gasteiger partial charge is 0.200 e. The first kappa shape index (κ1) is 17.1. The Kier molecular flexibility index (Phi) is 4.20. The summed E-state index contributed by atoms with van der Waals surface area (Å²) in [5.41, 5.74) is 7.49. The second kappa shape index (κ2) is 6.87. The van der Waals surface area contributed by atoms with Crippen LogP contribution in [0.3, 0.4) is 0 Å². The number of benzene rings is 1. The molecule has 6 heteroatoms. The number of aromatic nitrogens is 3. The SMILES string of the molecule is CCn1cc(-c2cscn2)c(=O)c2cc(NC3Cc4ccccc4C3)cnc21. The van der Waals surface area contributed by atoms with E-state index in [1.54, 1.807) is 5.51 Å². The summed E-state index contributed by atoms with van der Waals surface area (Å²) in [6.07, 6.45) is 5.69. The van der Waals surface area contributed by atoms with Crippen molar-refractivity contribution in [2.45, 2.75) is 32.4 Å². The molecule has 1 N–H and O–H groups in total. The van der Waals surface area contributed by atoms with Gasteiger partial charge in [0.05, 0.1) is 34.0 Å². The number of anilines is 1. The van der Waals surface area contributed by atoms with Gasteiger partial charge < -0.3 is 9.88 Å². The Labute approximate surface area is 166 Å². The zero-order valence-corrected chi connectivity index (χ0v) is 16.4. The van der Waals surface area contributed by atoms with Crippen molar-refractivity contribution in [2.24, 2.45) is 0 Å². The maximum atomic E-state index is 13.1. The number of pyridine rings is 2. The number of fused-ring (bicyclic) bond motifs is 2. The molecule has 3 aromatic heterocycles. The van der Waals surface area contributed by atoms with Crippen molar-refractivity contribution in [3.8, 4) is 11.3 Å². The van der Waals surface area contributed by atoms with Gasteiger partial charge in [-0.1, -0.05) is 24.3 Å². The van der Waals surface area contributed by atoms with E-state index in [1.165, 1.54) is 22.5 Å². The summed E-state index contributed by atoms with van der Waals surface area (Å²) in [4.78, 5) is 22.1. The summed E-state index contributed by atoms with van der Waals surface area (Å²) >= 11 is 1.49. The highest BCUT2D eigenvalue weighted by Crippen LogP contribution is 2.26. The van der Waals surface area contributed by atoms with Crippen molar-refractivity contribution in [3.05, 3.63) is 75.0 Å². The van der Waals surface area contributed by atoms with Crippen LogP contribution in [0.25, 0.3) is 22.3 Å². The molecule has 4 aromatic rings. The minimum absolute atomic E-state index is 0.0172. The van der Waals surface area contributed by atoms with Gasteiger partial charge in [-0.05, 0) is 37.0 Å². The van der Waals surface area contributed by atoms with Crippen molar-refractivity contribution in [1.29, 1.82) is 0 Å². The predicted octanol–water partition coefficient (Wildman–Crippen LogP) is 4.12. The predicted molar refractivity (Wildman–Crippen MR) is 114 cm³/mol. The Hall–Kier alpha value is -2.99. The average Bonchev–Trinajstić information content (AvgIpc) is 3.38. The molecule has 5 rings (SSSR count). The van der Waals surface area contributed by atoms with Crippen molar-refractivity contribution < 1.29 is 0 Å². The number of nitrogens with zero attached hydrogens (tertiary/aromatic N) is 3. The van der Waals surface area contributed by atoms with Crippen LogP contribution < -0.4 is 10.7 Å². The first-order valence-corrected chi connectivity index (χ1v) is 10.4. The first-order valence-electron chi connectivity index (χ1n) is 9.48. The van der Waals surface area contributed by atoms with Crippen molar-refractivity contribution >= 4 is 28.1 Å². The molecular weight excluding hydrogens is 368 g/mol. The van der Waals surface area contributed by atoms with E-state index in [-0.39, 0.29) is 5.43 Å². The van der Waals surface area contributed by atoms with Crippen LogP contribution in [0.4, 0.5) is 5.69 Å². The summed E-state index contributed by atoms with van der Waals surface area (Å²) in [5, 5.41) is 6.12. The number of nitrogens with one attached hydrogen (secondary N) is 1. The van der Waals surface area contributed by atoms with Gasteiger partial charge in [0.15, 0.2) is 0 Å². The third-order valence-corrected chi connectivity index (χ3v) is 5.97. The largest absolute Gasteiger partial charge is 0.380 e. The normalized spacial score (nSPS) is 13.8. The molecule has 28 heavy (non-hydrogen) atoms. The topological polar surface area (TPSA) is 59.8 Å². The minimum atomic E-state index is -0.0172. The molecule has 0 bridgehead atoms. The highest BCUT2D eigenvalue weighted by atomic mass is 32.1. The number of hydrogen-bond donors (Lipinski definition) is 1. The van der Waals surface area contributed by atoms with Crippen LogP contribution in [-0.2, 0) is 19.4 Å².